The van der Waals surface area contributed by atoms with Gasteiger partial charge < -0.3 is 0 Å². The number of halogens is 1. The molecule has 0 aliphatic heterocycles. The molecule has 0 radical (unpaired) electrons. The van der Waals surface area contributed by atoms with E-state index in [1.54, 1.807) is 12.1 Å². The molecule has 2 nitrogen and oxygen atoms in total. The molecule has 1 aliphatic carbocycles. The standard InChI is InChI=1S/C11H7FN2/c12-10-5-9(2-1-8(10)6-13)11(7-14)3-4-11/h1-2,5H,3-4H2. The predicted octanol–water partition coefficient (Wildman–Crippen LogP) is 2.25. The van der Waals surface area contributed by atoms with Crippen LogP contribution in [0.3, 0.4) is 0 Å². The first kappa shape index (κ1) is 8.72. The Balaban J connectivity index is 2.46. The van der Waals surface area contributed by atoms with Gasteiger partial charge in [-0.05, 0) is 30.5 Å². The number of hydrogen-bond acceptors (Lipinski definition) is 2. The van der Waals surface area contributed by atoms with Gasteiger partial charge in [0.2, 0.25) is 0 Å². The summed E-state index contributed by atoms with van der Waals surface area (Å²) in [7, 11) is 0. The Hall–Kier alpha value is -1.87. The van der Waals surface area contributed by atoms with Gasteiger partial charge in [-0.3, -0.25) is 0 Å². The smallest absolute Gasteiger partial charge is 0.141 e. The topological polar surface area (TPSA) is 47.6 Å². The van der Waals surface area contributed by atoms with Gasteiger partial charge in [-0.1, -0.05) is 6.07 Å². The summed E-state index contributed by atoms with van der Waals surface area (Å²) in [6, 6.07) is 8.34. The van der Waals surface area contributed by atoms with E-state index in [1.807, 2.05) is 0 Å². The Kier molecular flexibility index (Phi) is 1.75. The van der Waals surface area contributed by atoms with Crippen molar-refractivity contribution in [2.75, 3.05) is 0 Å². The lowest BCUT2D eigenvalue weighted by Crippen LogP contribution is -2.03. The highest BCUT2D eigenvalue weighted by atomic mass is 19.1. The zero-order valence-electron chi connectivity index (χ0n) is 7.42. The molecule has 0 aromatic heterocycles. The van der Waals surface area contributed by atoms with E-state index < -0.39 is 11.2 Å². The van der Waals surface area contributed by atoms with Crippen LogP contribution in [-0.4, -0.2) is 0 Å². The van der Waals surface area contributed by atoms with Crippen LogP contribution in [0.1, 0.15) is 24.0 Å². The molecule has 1 saturated carbocycles. The van der Waals surface area contributed by atoms with Crippen LogP contribution in [0.2, 0.25) is 0 Å². The van der Waals surface area contributed by atoms with Crippen LogP contribution in [-0.2, 0) is 5.41 Å². The predicted molar refractivity (Wildman–Crippen MR) is 47.6 cm³/mol. The number of hydrogen-bond donors (Lipinski definition) is 0. The molecule has 0 unspecified atom stereocenters. The molecule has 2 rings (SSSR count). The molecule has 3 heteroatoms. The molecule has 0 atom stereocenters. The van der Waals surface area contributed by atoms with Crippen LogP contribution in [0.4, 0.5) is 4.39 Å². The van der Waals surface area contributed by atoms with Gasteiger partial charge in [0.1, 0.15) is 11.9 Å². The Morgan fingerprint density at radius 3 is 2.43 bits per heavy atom. The summed E-state index contributed by atoms with van der Waals surface area (Å²) >= 11 is 0. The first-order valence-electron chi connectivity index (χ1n) is 4.33. The fourth-order valence-electron chi connectivity index (χ4n) is 1.49. The second kappa shape index (κ2) is 2.82. The minimum absolute atomic E-state index is 0.0301. The molecule has 68 valence electrons. The minimum atomic E-state index is -0.536. The Morgan fingerprint density at radius 1 is 1.29 bits per heavy atom. The molecule has 0 heterocycles. The summed E-state index contributed by atoms with van der Waals surface area (Å²) < 4.78 is 13.2. The van der Waals surface area contributed by atoms with E-state index in [1.165, 1.54) is 12.1 Å². The second-order valence-corrected chi connectivity index (χ2v) is 3.50. The Labute approximate surface area is 81.2 Å². The molecule has 0 amide bonds. The molecule has 0 spiro atoms. The van der Waals surface area contributed by atoms with Crippen LogP contribution in [0.25, 0.3) is 0 Å². The zero-order chi connectivity index (χ0) is 10.2. The van der Waals surface area contributed by atoms with Gasteiger partial charge in [0, 0.05) is 0 Å². The average molecular weight is 186 g/mol. The Morgan fingerprint density at radius 2 is 2.00 bits per heavy atom. The van der Waals surface area contributed by atoms with Gasteiger partial charge in [-0.25, -0.2) is 4.39 Å². The lowest BCUT2D eigenvalue weighted by Gasteiger charge is -2.05. The van der Waals surface area contributed by atoms with Gasteiger partial charge in [-0.15, -0.1) is 0 Å². The maximum absolute atomic E-state index is 13.2. The van der Waals surface area contributed by atoms with Gasteiger partial charge in [0.15, 0.2) is 0 Å². The summed E-state index contributed by atoms with van der Waals surface area (Å²) in [5.41, 5.74) is 0.244. The Bertz CT molecular complexity index is 461. The molecular weight excluding hydrogens is 179 g/mol. The van der Waals surface area contributed by atoms with Crippen LogP contribution in [0.15, 0.2) is 18.2 Å². The molecular formula is C11H7FN2. The van der Waals surface area contributed by atoms with Crippen molar-refractivity contribution in [2.24, 2.45) is 0 Å². The quantitative estimate of drug-likeness (QED) is 0.675. The van der Waals surface area contributed by atoms with Crippen LogP contribution in [0, 0.1) is 28.5 Å². The van der Waals surface area contributed by atoms with Crippen molar-refractivity contribution in [3.63, 3.8) is 0 Å². The summed E-state index contributed by atoms with van der Waals surface area (Å²) in [5.74, 6) is -0.536. The normalized spacial score (nSPS) is 16.8. The minimum Gasteiger partial charge on any atom is -0.206 e. The molecule has 1 aromatic rings. The third-order valence-electron chi connectivity index (χ3n) is 2.61. The summed E-state index contributed by atoms with van der Waals surface area (Å²) in [6.07, 6.45) is 1.57. The van der Waals surface area contributed by atoms with Crippen molar-refractivity contribution >= 4 is 0 Å². The monoisotopic (exact) mass is 186 g/mol. The lowest BCUT2D eigenvalue weighted by molar-refractivity contribution is 0.619. The fraction of sp³-hybridized carbons (Fsp3) is 0.273. The summed E-state index contributed by atoms with van der Waals surface area (Å²) in [5, 5.41) is 17.4. The number of nitrogens with zero attached hydrogens (tertiary/aromatic N) is 2. The highest BCUT2D eigenvalue weighted by Crippen LogP contribution is 2.47. The highest BCUT2D eigenvalue weighted by Gasteiger charge is 2.45. The third-order valence-corrected chi connectivity index (χ3v) is 2.61. The first-order chi connectivity index (χ1) is 6.72. The summed E-state index contributed by atoms with van der Waals surface area (Å²) in [6.45, 7) is 0. The average Bonchev–Trinajstić information content (AvgIpc) is 2.98. The maximum atomic E-state index is 13.2. The van der Waals surface area contributed by atoms with Crippen molar-refractivity contribution in [2.45, 2.75) is 18.3 Å². The van der Waals surface area contributed by atoms with Crippen molar-refractivity contribution in [3.8, 4) is 12.1 Å². The molecule has 1 fully saturated rings. The lowest BCUT2D eigenvalue weighted by atomic mass is 9.96. The third kappa shape index (κ3) is 1.15. The largest absolute Gasteiger partial charge is 0.206 e. The molecule has 14 heavy (non-hydrogen) atoms. The molecule has 1 aromatic carbocycles. The van der Waals surface area contributed by atoms with Crippen molar-refractivity contribution in [1.29, 1.82) is 10.5 Å². The van der Waals surface area contributed by atoms with E-state index in [2.05, 4.69) is 6.07 Å². The van der Waals surface area contributed by atoms with E-state index in [0.717, 1.165) is 12.8 Å². The van der Waals surface area contributed by atoms with Crippen molar-refractivity contribution in [1.82, 2.24) is 0 Å². The molecule has 0 saturated heterocycles. The second-order valence-electron chi connectivity index (χ2n) is 3.50. The fourth-order valence-corrected chi connectivity index (χ4v) is 1.49. The van der Waals surface area contributed by atoms with Gasteiger partial charge in [0.05, 0.1) is 17.0 Å². The molecule has 1 aliphatic rings. The van der Waals surface area contributed by atoms with Crippen molar-refractivity contribution < 1.29 is 4.39 Å². The highest BCUT2D eigenvalue weighted by molar-refractivity contribution is 5.43. The van der Waals surface area contributed by atoms with Crippen LogP contribution in [0.5, 0.6) is 0 Å². The number of nitriles is 2. The molecule has 0 bridgehead atoms. The zero-order valence-corrected chi connectivity index (χ0v) is 7.42. The van der Waals surface area contributed by atoms with Gasteiger partial charge in [-0.2, -0.15) is 10.5 Å². The van der Waals surface area contributed by atoms with E-state index in [4.69, 9.17) is 10.5 Å². The van der Waals surface area contributed by atoms with E-state index in [0.29, 0.717) is 5.56 Å². The SMILES string of the molecule is N#Cc1ccc(C2(C#N)CC2)cc1F. The maximum Gasteiger partial charge on any atom is 0.141 e. The van der Waals surface area contributed by atoms with E-state index in [-0.39, 0.29) is 5.56 Å². The van der Waals surface area contributed by atoms with E-state index >= 15 is 0 Å². The van der Waals surface area contributed by atoms with Crippen molar-refractivity contribution in [3.05, 3.63) is 35.1 Å². The number of benzene rings is 1. The van der Waals surface area contributed by atoms with E-state index in [9.17, 15) is 4.39 Å². The first-order valence-corrected chi connectivity index (χ1v) is 4.33. The molecule has 0 N–H and O–H groups in total. The van der Waals surface area contributed by atoms with Crippen LogP contribution >= 0.6 is 0 Å². The van der Waals surface area contributed by atoms with Gasteiger partial charge >= 0.3 is 0 Å². The van der Waals surface area contributed by atoms with Gasteiger partial charge in [0.25, 0.3) is 0 Å². The van der Waals surface area contributed by atoms with Crippen LogP contribution < -0.4 is 0 Å². The summed E-state index contributed by atoms with van der Waals surface area (Å²) in [4.78, 5) is 0. The number of rotatable bonds is 1.